The lowest BCUT2D eigenvalue weighted by Crippen LogP contribution is -2.12. The Kier molecular flexibility index (Phi) is 4.38. The van der Waals surface area contributed by atoms with Gasteiger partial charge in [-0.1, -0.05) is 11.6 Å². The molecule has 0 aliphatic rings. The van der Waals surface area contributed by atoms with E-state index >= 15 is 0 Å². The topological polar surface area (TPSA) is 51.2 Å². The van der Waals surface area contributed by atoms with Crippen molar-refractivity contribution in [3.05, 3.63) is 38.0 Å². The molecule has 1 heterocycles. The zero-order valence-electron chi connectivity index (χ0n) is 9.54. The van der Waals surface area contributed by atoms with Crippen LogP contribution in [0, 0.1) is 5.82 Å². The minimum absolute atomic E-state index is 0.0134. The van der Waals surface area contributed by atoms with Crippen LogP contribution < -0.4 is 10.1 Å². The number of methoxy groups -OCH3 is 1. The number of carbonyl (C=O) groups is 1. The summed E-state index contributed by atoms with van der Waals surface area (Å²) in [6, 6.07) is 2.56. The average molecular weight is 366 g/mol. The number of thiazole rings is 1. The van der Waals surface area contributed by atoms with Crippen molar-refractivity contribution in [2.75, 3.05) is 12.4 Å². The summed E-state index contributed by atoms with van der Waals surface area (Å²) < 4.78 is 19.2. The van der Waals surface area contributed by atoms with Crippen LogP contribution in [0.5, 0.6) is 5.75 Å². The van der Waals surface area contributed by atoms with Gasteiger partial charge in [-0.3, -0.25) is 4.79 Å². The van der Waals surface area contributed by atoms with Crippen molar-refractivity contribution in [1.29, 1.82) is 0 Å². The van der Waals surface area contributed by atoms with Crippen molar-refractivity contribution in [3.63, 3.8) is 0 Å². The molecule has 4 nitrogen and oxygen atoms in total. The van der Waals surface area contributed by atoms with Gasteiger partial charge < -0.3 is 10.1 Å². The second kappa shape index (κ2) is 5.85. The molecule has 1 N–H and O–H groups in total. The highest BCUT2D eigenvalue weighted by Gasteiger charge is 2.17. The Hall–Kier alpha value is -1.18. The van der Waals surface area contributed by atoms with Gasteiger partial charge >= 0.3 is 0 Å². The normalized spacial score (nSPS) is 10.3. The molecule has 2 aromatic rings. The van der Waals surface area contributed by atoms with Crippen molar-refractivity contribution in [3.8, 4) is 5.75 Å². The first-order valence-corrected chi connectivity index (χ1v) is 6.96. The third kappa shape index (κ3) is 3.05. The van der Waals surface area contributed by atoms with Crippen LogP contribution in [-0.2, 0) is 0 Å². The van der Waals surface area contributed by atoms with Gasteiger partial charge in [0.15, 0.2) is 3.92 Å². The molecule has 0 radical (unpaired) electrons. The Bertz CT molecular complexity index is 635. The molecule has 1 aromatic carbocycles. The van der Waals surface area contributed by atoms with Crippen molar-refractivity contribution < 1.29 is 13.9 Å². The van der Waals surface area contributed by atoms with Crippen LogP contribution in [0.25, 0.3) is 0 Å². The van der Waals surface area contributed by atoms with Crippen LogP contribution in [0.15, 0.2) is 22.2 Å². The lowest BCUT2D eigenvalue weighted by molar-refractivity contribution is 0.103. The molecule has 0 saturated heterocycles. The van der Waals surface area contributed by atoms with Crippen molar-refractivity contribution >= 4 is 50.5 Å². The van der Waals surface area contributed by atoms with Crippen molar-refractivity contribution in [2.24, 2.45) is 0 Å². The molecular formula is C11H7BrClFN2O2S. The Morgan fingerprint density at radius 1 is 1.58 bits per heavy atom. The van der Waals surface area contributed by atoms with E-state index in [0.29, 0.717) is 8.79 Å². The van der Waals surface area contributed by atoms with Crippen LogP contribution in [-0.4, -0.2) is 18.0 Å². The quantitative estimate of drug-likeness (QED) is 0.896. The van der Waals surface area contributed by atoms with Gasteiger partial charge in [0.2, 0.25) is 0 Å². The molecular weight excluding hydrogens is 359 g/mol. The Morgan fingerprint density at radius 3 is 2.89 bits per heavy atom. The zero-order valence-corrected chi connectivity index (χ0v) is 12.7. The van der Waals surface area contributed by atoms with Crippen LogP contribution in [0.2, 0.25) is 5.02 Å². The summed E-state index contributed by atoms with van der Waals surface area (Å²) in [5.41, 5.74) is -0.115. The van der Waals surface area contributed by atoms with E-state index in [1.165, 1.54) is 25.4 Å². The van der Waals surface area contributed by atoms with Gasteiger partial charge in [-0.25, -0.2) is 9.37 Å². The number of carbonyl (C=O) groups excluding carboxylic acids is 1. The average Bonchev–Trinajstić information content (AvgIpc) is 2.81. The number of halogens is 3. The van der Waals surface area contributed by atoms with E-state index in [4.69, 9.17) is 16.3 Å². The van der Waals surface area contributed by atoms with Gasteiger partial charge in [0.25, 0.3) is 5.91 Å². The highest BCUT2D eigenvalue weighted by molar-refractivity contribution is 9.11. The fourth-order valence-corrected chi connectivity index (χ4v) is 2.78. The highest BCUT2D eigenvalue weighted by Crippen LogP contribution is 2.34. The van der Waals surface area contributed by atoms with Gasteiger partial charge in [-0.15, -0.1) is 11.3 Å². The second-order valence-electron chi connectivity index (χ2n) is 3.37. The smallest absolute Gasteiger partial charge is 0.267 e. The van der Waals surface area contributed by atoms with E-state index in [1.54, 1.807) is 0 Å². The van der Waals surface area contributed by atoms with Crippen LogP contribution in [0.4, 0.5) is 10.1 Å². The molecule has 2 rings (SSSR count). The Balaban J connectivity index is 2.31. The summed E-state index contributed by atoms with van der Waals surface area (Å²) in [4.78, 5) is 16.1. The maximum atomic E-state index is 13.7. The van der Waals surface area contributed by atoms with Crippen molar-refractivity contribution in [1.82, 2.24) is 4.98 Å². The Morgan fingerprint density at radius 2 is 2.32 bits per heavy atom. The number of anilines is 1. The van der Waals surface area contributed by atoms with Crippen molar-refractivity contribution in [2.45, 2.75) is 0 Å². The predicted octanol–water partition coefficient (Wildman–Crippen LogP) is 3.96. The minimum atomic E-state index is -0.636. The van der Waals surface area contributed by atoms with E-state index in [-0.39, 0.29) is 16.5 Å². The number of nitrogens with zero attached hydrogens (tertiary/aromatic N) is 1. The summed E-state index contributed by atoms with van der Waals surface area (Å²) in [6.45, 7) is 0. The molecule has 0 aliphatic carbocycles. The van der Waals surface area contributed by atoms with Gasteiger partial charge in [0.1, 0.15) is 21.5 Å². The zero-order chi connectivity index (χ0) is 14.0. The van der Waals surface area contributed by atoms with Crippen LogP contribution >= 0.6 is 38.9 Å². The fraction of sp³-hybridized carbons (Fsp3) is 0.0909. The number of ether oxygens (including phenoxy) is 1. The molecule has 0 fully saturated rings. The standard InChI is InChI=1S/C11H7BrClFN2O2S/c1-18-6-3-2-5(14)9(8(6)13)16-10(17)7-4-15-11(12)19-7/h2-4H,1H3,(H,16,17). The minimum Gasteiger partial charge on any atom is -0.495 e. The lowest BCUT2D eigenvalue weighted by Gasteiger charge is -2.10. The molecule has 1 amide bonds. The van der Waals surface area contributed by atoms with E-state index in [2.05, 4.69) is 26.2 Å². The highest BCUT2D eigenvalue weighted by atomic mass is 79.9. The molecule has 0 spiro atoms. The Labute approximate surface area is 125 Å². The number of nitrogens with one attached hydrogen (secondary N) is 1. The first-order valence-electron chi connectivity index (χ1n) is 4.97. The molecule has 0 saturated carbocycles. The first-order chi connectivity index (χ1) is 9.02. The number of rotatable bonds is 3. The van der Waals surface area contributed by atoms with E-state index in [0.717, 1.165) is 11.3 Å². The van der Waals surface area contributed by atoms with E-state index in [9.17, 15) is 9.18 Å². The molecule has 100 valence electrons. The maximum absolute atomic E-state index is 13.7. The predicted molar refractivity (Wildman–Crippen MR) is 75.7 cm³/mol. The number of amides is 1. The number of benzene rings is 1. The number of aromatic nitrogens is 1. The van der Waals surface area contributed by atoms with Crippen LogP contribution in [0.3, 0.4) is 0 Å². The van der Waals surface area contributed by atoms with Gasteiger partial charge in [0, 0.05) is 0 Å². The molecule has 19 heavy (non-hydrogen) atoms. The SMILES string of the molecule is COc1ccc(F)c(NC(=O)c2cnc(Br)s2)c1Cl. The summed E-state index contributed by atoms with van der Waals surface area (Å²) in [6.07, 6.45) is 1.38. The molecule has 1 aromatic heterocycles. The summed E-state index contributed by atoms with van der Waals surface area (Å²) >= 11 is 10.2. The van der Waals surface area contributed by atoms with E-state index < -0.39 is 11.7 Å². The largest absolute Gasteiger partial charge is 0.495 e. The first kappa shape index (κ1) is 14.2. The monoisotopic (exact) mass is 364 g/mol. The van der Waals surface area contributed by atoms with Gasteiger partial charge in [-0.2, -0.15) is 0 Å². The van der Waals surface area contributed by atoms with E-state index in [1.807, 2.05) is 0 Å². The fourth-order valence-electron chi connectivity index (χ4n) is 1.34. The summed E-state index contributed by atoms with van der Waals surface area (Å²) in [5.74, 6) is -0.844. The number of hydrogen-bond donors (Lipinski definition) is 1. The van der Waals surface area contributed by atoms with Gasteiger partial charge in [0.05, 0.1) is 19.0 Å². The maximum Gasteiger partial charge on any atom is 0.267 e. The summed E-state index contributed by atoms with van der Waals surface area (Å²) in [5, 5.41) is 2.42. The molecule has 0 bridgehead atoms. The molecule has 0 aliphatic heterocycles. The number of hydrogen-bond acceptors (Lipinski definition) is 4. The lowest BCUT2D eigenvalue weighted by atomic mass is 10.2. The molecule has 0 atom stereocenters. The third-order valence-electron chi connectivity index (χ3n) is 2.22. The summed E-state index contributed by atoms with van der Waals surface area (Å²) in [7, 11) is 1.41. The second-order valence-corrected chi connectivity index (χ2v) is 6.05. The third-order valence-corrected chi connectivity index (χ3v) is 4.07. The van der Waals surface area contributed by atoms with Gasteiger partial charge in [-0.05, 0) is 28.1 Å². The molecule has 8 heteroatoms. The van der Waals surface area contributed by atoms with Crippen LogP contribution in [0.1, 0.15) is 9.67 Å². The molecule has 0 unspecified atom stereocenters.